The minimum Gasteiger partial charge on any atom is -0.385 e. The van der Waals surface area contributed by atoms with Crippen molar-refractivity contribution in [1.29, 1.82) is 0 Å². The quantitative estimate of drug-likeness (QED) is 0.709. The summed E-state index contributed by atoms with van der Waals surface area (Å²) in [6, 6.07) is 18.3. The van der Waals surface area contributed by atoms with Crippen molar-refractivity contribution in [2.75, 3.05) is 20.3 Å². The number of carbonyl (C=O) groups is 1. The first-order valence-corrected chi connectivity index (χ1v) is 8.93. The Morgan fingerprint density at radius 2 is 1.65 bits per heavy atom. The number of hydrogen-bond donors (Lipinski definition) is 1. The zero-order valence-electron chi connectivity index (χ0n) is 13.5. The Hall–Kier alpha value is -1.78. The van der Waals surface area contributed by atoms with Crippen molar-refractivity contribution in [2.24, 2.45) is 0 Å². The molecule has 1 amide bonds. The number of carbonyl (C=O) groups excluding carboxylic acids is 1. The van der Waals surface area contributed by atoms with Crippen LogP contribution in [0.15, 0.2) is 54.6 Å². The van der Waals surface area contributed by atoms with Crippen molar-refractivity contribution in [1.82, 2.24) is 5.32 Å². The van der Waals surface area contributed by atoms with Crippen LogP contribution in [0.2, 0.25) is 0 Å². The minimum atomic E-state index is -0.0235. The molecule has 0 radical (unpaired) electrons. The average Bonchev–Trinajstić information content (AvgIpc) is 2.60. The van der Waals surface area contributed by atoms with Crippen molar-refractivity contribution in [3.63, 3.8) is 0 Å². The van der Waals surface area contributed by atoms with E-state index in [0.29, 0.717) is 18.7 Å². The molecule has 3 nitrogen and oxygen atoms in total. The fraction of sp³-hybridized carbons (Fsp3) is 0.316. The van der Waals surface area contributed by atoms with Gasteiger partial charge in [-0.05, 0) is 29.7 Å². The molecular formula is C19H23NO2S. The highest BCUT2D eigenvalue weighted by atomic mass is 32.2. The van der Waals surface area contributed by atoms with Crippen molar-refractivity contribution in [3.8, 4) is 0 Å². The van der Waals surface area contributed by atoms with E-state index >= 15 is 0 Å². The highest BCUT2D eigenvalue weighted by molar-refractivity contribution is 7.97. The van der Waals surface area contributed by atoms with E-state index in [4.69, 9.17) is 4.74 Å². The SMILES string of the molecule is COCCCNC(=O)c1ccc(CSCc2ccccc2)cc1. The van der Waals surface area contributed by atoms with Crippen molar-refractivity contribution < 1.29 is 9.53 Å². The Kier molecular flexibility index (Phi) is 7.70. The molecule has 0 spiro atoms. The summed E-state index contributed by atoms with van der Waals surface area (Å²) in [5.74, 6) is 1.93. The minimum absolute atomic E-state index is 0.0235. The summed E-state index contributed by atoms with van der Waals surface area (Å²) < 4.78 is 4.96. The predicted molar refractivity (Wildman–Crippen MR) is 96.7 cm³/mol. The Morgan fingerprint density at radius 1 is 1.00 bits per heavy atom. The van der Waals surface area contributed by atoms with Gasteiger partial charge in [-0.1, -0.05) is 42.5 Å². The summed E-state index contributed by atoms with van der Waals surface area (Å²) in [5.41, 5.74) is 3.28. The second-order valence-corrected chi connectivity index (χ2v) is 6.26. The zero-order valence-corrected chi connectivity index (χ0v) is 14.3. The summed E-state index contributed by atoms with van der Waals surface area (Å²) in [5, 5.41) is 2.89. The lowest BCUT2D eigenvalue weighted by Gasteiger charge is -2.06. The van der Waals surface area contributed by atoms with E-state index in [1.54, 1.807) is 7.11 Å². The van der Waals surface area contributed by atoms with E-state index in [1.165, 1.54) is 11.1 Å². The molecule has 2 aromatic rings. The van der Waals surface area contributed by atoms with Crippen LogP contribution < -0.4 is 5.32 Å². The zero-order chi connectivity index (χ0) is 16.3. The van der Waals surface area contributed by atoms with Crippen LogP contribution in [-0.4, -0.2) is 26.2 Å². The lowest BCUT2D eigenvalue weighted by atomic mass is 10.1. The molecule has 0 heterocycles. The Balaban J connectivity index is 1.74. The Bertz CT molecular complexity index is 584. The standard InChI is InChI=1S/C19H23NO2S/c1-22-13-5-12-20-19(21)18-10-8-17(9-11-18)15-23-14-16-6-3-2-4-7-16/h2-4,6-11H,5,12-15H2,1H3,(H,20,21). The lowest BCUT2D eigenvalue weighted by molar-refractivity contribution is 0.0948. The number of hydrogen-bond acceptors (Lipinski definition) is 3. The van der Waals surface area contributed by atoms with Crippen molar-refractivity contribution >= 4 is 17.7 Å². The van der Waals surface area contributed by atoms with E-state index in [-0.39, 0.29) is 5.91 Å². The molecule has 122 valence electrons. The van der Waals surface area contributed by atoms with Crippen LogP contribution >= 0.6 is 11.8 Å². The summed E-state index contributed by atoms with van der Waals surface area (Å²) >= 11 is 1.88. The molecule has 0 saturated heterocycles. The van der Waals surface area contributed by atoms with Gasteiger partial charge in [0.15, 0.2) is 0 Å². The van der Waals surface area contributed by atoms with Crippen LogP contribution in [0.3, 0.4) is 0 Å². The van der Waals surface area contributed by atoms with Gasteiger partial charge in [0.2, 0.25) is 0 Å². The molecule has 0 atom stereocenters. The first-order chi connectivity index (χ1) is 11.3. The predicted octanol–water partition coefficient (Wildman–Crippen LogP) is 3.89. The first kappa shape index (κ1) is 17.6. The third-order valence-corrected chi connectivity index (χ3v) is 4.48. The Labute approximate surface area is 142 Å². The van der Waals surface area contributed by atoms with Gasteiger partial charge in [-0.25, -0.2) is 0 Å². The van der Waals surface area contributed by atoms with E-state index in [1.807, 2.05) is 42.1 Å². The highest BCUT2D eigenvalue weighted by Gasteiger charge is 2.04. The number of amides is 1. The summed E-state index contributed by atoms with van der Waals surface area (Å²) in [4.78, 5) is 12.0. The monoisotopic (exact) mass is 329 g/mol. The molecular weight excluding hydrogens is 306 g/mol. The van der Waals surface area contributed by atoms with Gasteiger partial charge in [-0.15, -0.1) is 0 Å². The van der Waals surface area contributed by atoms with Crippen molar-refractivity contribution in [2.45, 2.75) is 17.9 Å². The molecule has 0 bridgehead atoms. The number of rotatable bonds is 9. The second kappa shape index (κ2) is 10.1. The van der Waals surface area contributed by atoms with Gasteiger partial charge < -0.3 is 10.1 Å². The van der Waals surface area contributed by atoms with E-state index in [2.05, 4.69) is 29.6 Å². The van der Waals surface area contributed by atoms with E-state index in [9.17, 15) is 4.79 Å². The van der Waals surface area contributed by atoms with Gasteiger partial charge in [0, 0.05) is 37.3 Å². The highest BCUT2D eigenvalue weighted by Crippen LogP contribution is 2.18. The van der Waals surface area contributed by atoms with Gasteiger partial charge >= 0.3 is 0 Å². The molecule has 2 rings (SSSR count). The van der Waals surface area contributed by atoms with Crippen molar-refractivity contribution in [3.05, 3.63) is 71.3 Å². The molecule has 0 aliphatic rings. The molecule has 0 fully saturated rings. The molecule has 23 heavy (non-hydrogen) atoms. The number of methoxy groups -OCH3 is 1. The first-order valence-electron chi connectivity index (χ1n) is 7.77. The van der Waals surface area contributed by atoms with Crippen LogP contribution in [0.4, 0.5) is 0 Å². The van der Waals surface area contributed by atoms with Gasteiger partial charge in [-0.3, -0.25) is 4.79 Å². The number of thioether (sulfide) groups is 1. The molecule has 0 unspecified atom stereocenters. The van der Waals surface area contributed by atoms with Crippen LogP contribution in [0.5, 0.6) is 0 Å². The summed E-state index contributed by atoms with van der Waals surface area (Å²) in [6.45, 7) is 1.30. The molecule has 0 aliphatic carbocycles. The maximum absolute atomic E-state index is 12.0. The lowest BCUT2D eigenvalue weighted by Crippen LogP contribution is -2.25. The smallest absolute Gasteiger partial charge is 0.251 e. The molecule has 1 N–H and O–H groups in total. The largest absolute Gasteiger partial charge is 0.385 e. The van der Waals surface area contributed by atoms with Gasteiger partial charge in [-0.2, -0.15) is 11.8 Å². The Morgan fingerprint density at radius 3 is 2.30 bits per heavy atom. The number of nitrogens with one attached hydrogen (secondary N) is 1. The fourth-order valence-electron chi connectivity index (χ4n) is 2.13. The number of benzene rings is 2. The topological polar surface area (TPSA) is 38.3 Å². The van der Waals surface area contributed by atoms with Gasteiger partial charge in [0.05, 0.1) is 0 Å². The fourth-order valence-corrected chi connectivity index (χ4v) is 3.09. The van der Waals surface area contributed by atoms with Gasteiger partial charge in [0.1, 0.15) is 0 Å². The normalized spacial score (nSPS) is 10.5. The van der Waals surface area contributed by atoms with Gasteiger partial charge in [0.25, 0.3) is 5.91 Å². The molecule has 0 aromatic heterocycles. The molecule has 0 saturated carbocycles. The molecule has 4 heteroatoms. The van der Waals surface area contributed by atoms with Crippen LogP contribution in [0.1, 0.15) is 27.9 Å². The third kappa shape index (κ3) is 6.47. The summed E-state index contributed by atoms with van der Waals surface area (Å²) in [7, 11) is 1.66. The van der Waals surface area contributed by atoms with E-state index in [0.717, 1.165) is 17.9 Å². The second-order valence-electron chi connectivity index (χ2n) is 5.28. The van der Waals surface area contributed by atoms with E-state index < -0.39 is 0 Å². The van der Waals surface area contributed by atoms with Crippen LogP contribution in [0, 0.1) is 0 Å². The number of ether oxygens (including phenoxy) is 1. The maximum Gasteiger partial charge on any atom is 0.251 e. The summed E-state index contributed by atoms with van der Waals surface area (Å²) in [6.07, 6.45) is 0.830. The van der Waals surface area contributed by atoms with Crippen LogP contribution in [0.25, 0.3) is 0 Å². The maximum atomic E-state index is 12.0. The third-order valence-electron chi connectivity index (χ3n) is 3.41. The molecule has 2 aromatic carbocycles. The average molecular weight is 329 g/mol. The van der Waals surface area contributed by atoms with Crippen LogP contribution in [-0.2, 0) is 16.2 Å². The molecule has 0 aliphatic heterocycles.